The Kier molecular flexibility index (Phi) is 15.7. The van der Waals surface area contributed by atoms with Crippen molar-refractivity contribution in [2.75, 3.05) is 65.1 Å². The minimum Gasteiger partial charge on any atom is -0.382 e. The van der Waals surface area contributed by atoms with Crippen molar-refractivity contribution in [1.82, 2.24) is 10.6 Å². The van der Waals surface area contributed by atoms with Crippen LogP contribution < -0.4 is 15.5 Å². The van der Waals surface area contributed by atoms with Gasteiger partial charge in [-0.15, -0.1) is 24.0 Å². The summed E-state index contributed by atoms with van der Waals surface area (Å²) in [5.74, 6) is 0.857. The number of aliphatic imine (C=N–C) groups is 1. The van der Waals surface area contributed by atoms with Gasteiger partial charge >= 0.3 is 0 Å². The number of hydrogen-bond donors (Lipinski definition) is 2. The van der Waals surface area contributed by atoms with Crippen LogP contribution in [0.15, 0.2) is 35.3 Å². The van der Waals surface area contributed by atoms with Crippen molar-refractivity contribution in [3.05, 3.63) is 30.3 Å². The number of guanidine groups is 1. The minimum absolute atomic E-state index is 0. The highest BCUT2D eigenvalue weighted by Crippen LogP contribution is 2.09. The molecule has 25 heavy (non-hydrogen) atoms. The summed E-state index contributed by atoms with van der Waals surface area (Å²) in [5.41, 5.74) is 1.22. The average Bonchev–Trinajstić information content (AvgIpc) is 2.61. The first-order valence-corrected chi connectivity index (χ1v) is 8.63. The predicted octanol–water partition coefficient (Wildman–Crippen LogP) is 2.35. The fourth-order valence-corrected chi connectivity index (χ4v) is 2.10. The first kappa shape index (κ1) is 23.9. The number of nitrogens with one attached hydrogen (secondary N) is 2. The molecule has 1 rings (SSSR count). The molecule has 1 aromatic carbocycles. The van der Waals surface area contributed by atoms with Crippen LogP contribution in [0.1, 0.15) is 13.3 Å². The first-order valence-electron chi connectivity index (χ1n) is 8.63. The number of nitrogens with zero attached hydrogens (tertiary/aromatic N) is 2. The van der Waals surface area contributed by atoms with Gasteiger partial charge in [0.05, 0.1) is 13.2 Å². The molecule has 0 aliphatic rings. The maximum Gasteiger partial charge on any atom is 0.191 e. The van der Waals surface area contributed by atoms with Gasteiger partial charge in [0.25, 0.3) is 0 Å². The van der Waals surface area contributed by atoms with E-state index in [1.54, 1.807) is 7.11 Å². The maximum atomic E-state index is 5.44. The van der Waals surface area contributed by atoms with Gasteiger partial charge in [0.2, 0.25) is 0 Å². The number of para-hydroxylation sites is 1. The lowest BCUT2D eigenvalue weighted by Crippen LogP contribution is -2.41. The van der Waals surface area contributed by atoms with E-state index in [1.807, 2.05) is 6.07 Å². The molecule has 0 fully saturated rings. The molecule has 6 nitrogen and oxygen atoms in total. The standard InChI is InChI=1S/C18H32N4O2.HI/c1-4-19-18(20-11-8-14-24-16-15-23-3)21-12-13-22(2)17-9-6-5-7-10-17;/h5-7,9-10H,4,8,11-16H2,1-3H3,(H2,19,20,21);1H. The molecule has 144 valence electrons. The van der Waals surface area contributed by atoms with E-state index in [2.05, 4.69) is 58.8 Å². The number of ether oxygens (including phenoxy) is 2. The Hall–Kier alpha value is -1.06. The third kappa shape index (κ3) is 12.0. The van der Waals surface area contributed by atoms with Crippen LogP contribution in [0.2, 0.25) is 0 Å². The van der Waals surface area contributed by atoms with E-state index in [1.165, 1.54) is 5.69 Å². The molecular weight excluding hydrogens is 431 g/mol. The Labute approximate surface area is 169 Å². The normalized spacial score (nSPS) is 10.9. The number of benzene rings is 1. The molecule has 0 spiro atoms. The van der Waals surface area contributed by atoms with E-state index in [0.29, 0.717) is 19.8 Å². The Morgan fingerprint density at radius 2 is 1.88 bits per heavy atom. The Balaban J connectivity index is 0.00000576. The van der Waals surface area contributed by atoms with Gasteiger partial charge in [-0.1, -0.05) is 18.2 Å². The molecule has 0 aromatic heterocycles. The molecule has 0 aliphatic carbocycles. The zero-order chi connectivity index (χ0) is 17.5. The fraction of sp³-hybridized carbons (Fsp3) is 0.611. The quantitative estimate of drug-likeness (QED) is 0.215. The lowest BCUT2D eigenvalue weighted by molar-refractivity contribution is 0.0702. The smallest absolute Gasteiger partial charge is 0.191 e. The van der Waals surface area contributed by atoms with Crippen LogP contribution in [-0.4, -0.2) is 66.1 Å². The highest BCUT2D eigenvalue weighted by atomic mass is 127. The number of likely N-dealkylation sites (N-methyl/N-ethyl adjacent to an activating group) is 1. The molecule has 0 heterocycles. The van der Waals surface area contributed by atoms with E-state index in [0.717, 1.165) is 38.6 Å². The van der Waals surface area contributed by atoms with Crippen molar-refractivity contribution in [1.29, 1.82) is 0 Å². The molecule has 0 bridgehead atoms. The summed E-state index contributed by atoms with van der Waals surface area (Å²) >= 11 is 0. The second-order valence-electron chi connectivity index (χ2n) is 5.40. The highest BCUT2D eigenvalue weighted by Gasteiger charge is 2.01. The van der Waals surface area contributed by atoms with E-state index in [9.17, 15) is 0 Å². The van der Waals surface area contributed by atoms with Crippen molar-refractivity contribution in [3.8, 4) is 0 Å². The van der Waals surface area contributed by atoms with Gasteiger partial charge in [0, 0.05) is 52.6 Å². The Morgan fingerprint density at radius 1 is 1.12 bits per heavy atom. The summed E-state index contributed by atoms with van der Waals surface area (Å²) in [5, 5.41) is 6.64. The molecule has 2 N–H and O–H groups in total. The summed E-state index contributed by atoms with van der Waals surface area (Å²) in [6.07, 6.45) is 0.907. The van der Waals surface area contributed by atoms with Crippen molar-refractivity contribution in [2.45, 2.75) is 13.3 Å². The summed E-state index contributed by atoms with van der Waals surface area (Å²) in [6, 6.07) is 10.4. The second kappa shape index (κ2) is 16.4. The summed E-state index contributed by atoms with van der Waals surface area (Å²) in [6.45, 7) is 7.41. The second-order valence-corrected chi connectivity index (χ2v) is 5.40. The third-order valence-corrected chi connectivity index (χ3v) is 3.43. The van der Waals surface area contributed by atoms with E-state index < -0.39 is 0 Å². The predicted molar refractivity (Wildman–Crippen MR) is 116 cm³/mol. The SMILES string of the molecule is CCNC(=NCCCOCCOC)NCCN(C)c1ccccc1.I. The minimum atomic E-state index is 0. The number of halogens is 1. The molecule has 1 aromatic rings. The zero-order valence-corrected chi connectivity index (χ0v) is 18.0. The first-order chi connectivity index (χ1) is 11.8. The van der Waals surface area contributed by atoms with Gasteiger partial charge in [0.1, 0.15) is 0 Å². The molecule has 0 atom stereocenters. The van der Waals surface area contributed by atoms with Gasteiger partial charge < -0.3 is 25.0 Å². The van der Waals surface area contributed by atoms with Gasteiger partial charge in [-0.2, -0.15) is 0 Å². The number of hydrogen-bond acceptors (Lipinski definition) is 4. The van der Waals surface area contributed by atoms with Gasteiger partial charge in [0.15, 0.2) is 5.96 Å². The van der Waals surface area contributed by atoms with Crippen LogP contribution >= 0.6 is 24.0 Å². The topological polar surface area (TPSA) is 58.1 Å². The van der Waals surface area contributed by atoms with Crippen molar-refractivity contribution in [2.24, 2.45) is 4.99 Å². The zero-order valence-electron chi connectivity index (χ0n) is 15.7. The molecule has 0 radical (unpaired) electrons. The maximum absolute atomic E-state index is 5.44. The lowest BCUT2D eigenvalue weighted by atomic mass is 10.3. The van der Waals surface area contributed by atoms with Crippen LogP contribution in [0.5, 0.6) is 0 Å². The van der Waals surface area contributed by atoms with E-state index in [4.69, 9.17) is 9.47 Å². The van der Waals surface area contributed by atoms with Gasteiger partial charge in [-0.25, -0.2) is 0 Å². The van der Waals surface area contributed by atoms with Crippen LogP contribution in [0.3, 0.4) is 0 Å². The average molecular weight is 464 g/mol. The van der Waals surface area contributed by atoms with E-state index >= 15 is 0 Å². The monoisotopic (exact) mass is 464 g/mol. The molecular formula is C18H33IN4O2. The molecule has 7 heteroatoms. The summed E-state index contributed by atoms with van der Waals surface area (Å²) in [4.78, 5) is 6.79. The highest BCUT2D eigenvalue weighted by molar-refractivity contribution is 14.0. The van der Waals surface area contributed by atoms with Crippen LogP contribution in [0.4, 0.5) is 5.69 Å². The van der Waals surface area contributed by atoms with Crippen LogP contribution in [0.25, 0.3) is 0 Å². The van der Waals surface area contributed by atoms with Crippen LogP contribution in [0, 0.1) is 0 Å². The Morgan fingerprint density at radius 3 is 2.56 bits per heavy atom. The number of methoxy groups -OCH3 is 1. The molecule has 0 unspecified atom stereocenters. The van der Waals surface area contributed by atoms with Crippen molar-refractivity contribution >= 4 is 35.6 Å². The Bertz CT molecular complexity index is 446. The largest absolute Gasteiger partial charge is 0.382 e. The summed E-state index contributed by atoms with van der Waals surface area (Å²) in [7, 11) is 3.77. The van der Waals surface area contributed by atoms with Crippen molar-refractivity contribution in [3.63, 3.8) is 0 Å². The molecule has 0 aliphatic heterocycles. The third-order valence-electron chi connectivity index (χ3n) is 3.43. The molecule has 0 saturated heterocycles. The molecule has 0 saturated carbocycles. The van der Waals surface area contributed by atoms with E-state index in [-0.39, 0.29) is 24.0 Å². The van der Waals surface area contributed by atoms with Gasteiger partial charge in [-0.05, 0) is 25.5 Å². The fourth-order valence-electron chi connectivity index (χ4n) is 2.10. The molecule has 0 amide bonds. The van der Waals surface area contributed by atoms with Crippen molar-refractivity contribution < 1.29 is 9.47 Å². The number of rotatable bonds is 12. The number of anilines is 1. The summed E-state index contributed by atoms with van der Waals surface area (Å²) < 4.78 is 10.4. The van der Waals surface area contributed by atoms with Gasteiger partial charge in [-0.3, -0.25) is 4.99 Å². The van der Waals surface area contributed by atoms with Crippen LogP contribution in [-0.2, 0) is 9.47 Å². The lowest BCUT2D eigenvalue weighted by Gasteiger charge is -2.20.